The number of sulfonamides is 1. The standard InChI is InChI=1S/C14H22N2O5S/c1-9-6-16(7-11(9)13(17)18)22(19,20)8-10-5-12(21-15-10)14(2,3)4/h5,9,11H,6-8H2,1-4H3,(H,17,18)/t9-,11-/m1/s1. The Balaban J connectivity index is 2.12. The summed E-state index contributed by atoms with van der Waals surface area (Å²) in [6, 6.07) is 1.64. The van der Waals surface area contributed by atoms with Crippen LogP contribution >= 0.6 is 0 Å². The summed E-state index contributed by atoms with van der Waals surface area (Å²) >= 11 is 0. The molecule has 1 saturated heterocycles. The first-order chi connectivity index (χ1) is 10.0. The molecule has 1 aromatic heterocycles. The Hall–Kier alpha value is -1.41. The predicted molar refractivity (Wildman–Crippen MR) is 79.7 cm³/mol. The molecular weight excluding hydrogens is 308 g/mol. The number of hydrogen-bond acceptors (Lipinski definition) is 5. The van der Waals surface area contributed by atoms with Gasteiger partial charge in [-0.05, 0) is 5.92 Å². The Morgan fingerprint density at radius 3 is 2.55 bits per heavy atom. The third-order valence-electron chi connectivity index (χ3n) is 3.92. The second-order valence-electron chi connectivity index (χ2n) is 6.93. The Morgan fingerprint density at radius 1 is 1.45 bits per heavy atom. The molecule has 0 amide bonds. The van der Waals surface area contributed by atoms with Crippen molar-refractivity contribution in [3.63, 3.8) is 0 Å². The van der Waals surface area contributed by atoms with E-state index in [1.807, 2.05) is 20.8 Å². The van der Waals surface area contributed by atoms with E-state index in [0.29, 0.717) is 11.5 Å². The van der Waals surface area contributed by atoms with Gasteiger partial charge >= 0.3 is 5.97 Å². The predicted octanol–water partition coefficient (Wildman–Crippen LogP) is 1.45. The number of aromatic nitrogens is 1. The maximum Gasteiger partial charge on any atom is 0.308 e. The maximum atomic E-state index is 12.4. The smallest absolute Gasteiger partial charge is 0.308 e. The molecule has 0 aromatic carbocycles. The van der Waals surface area contributed by atoms with E-state index in [-0.39, 0.29) is 30.2 Å². The topological polar surface area (TPSA) is 101 Å². The summed E-state index contributed by atoms with van der Waals surface area (Å²) in [5.74, 6) is -1.46. The highest BCUT2D eigenvalue weighted by Crippen LogP contribution is 2.28. The molecular formula is C14H22N2O5S. The summed E-state index contributed by atoms with van der Waals surface area (Å²) in [6.07, 6.45) is 0. The van der Waals surface area contributed by atoms with Crippen LogP contribution in [0.4, 0.5) is 0 Å². The van der Waals surface area contributed by atoms with Crippen LogP contribution in [0.15, 0.2) is 10.6 Å². The second kappa shape index (κ2) is 5.66. The van der Waals surface area contributed by atoms with E-state index in [4.69, 9.17) is 9.63 Å². The number of carbonyl (C=O) groups is 1. The fourth-order valence-corrected chi connectivity index (χ4v) is 4.02. The van der Waals surface area contributed by atoms with Gasteiger partial charge in [0.15, 0.2) is 0 Å². The lowest BCUT2D eigenvalue weighted by Gasteiger charge is -2.15. The van der Waals surface area contributed by atoms with Crippen LogP contribution in [0.25, 0.3) is 0 Å². The van der Waals surface area contributed by atoms with E-state index in [1.54, 1.807) is 13.0 Å². The zero-order valence-electron chi connectivity index (χ0n) is 13.2. The number of hydrogen-bond donors (Lipinski definition) is 1. The Labute approximate surface area is 130 Å². The summed E-state index contributed by atoms with van der Waals surface area (Å²) in [5, 5.41) is 12.9. The molecule has 1 fully saturated rings. The highest BCUT2D eigenvalue weighted by atomic mass is 32.2. The van der Waals surface area contributed by atoms with Gasteiger partial charge in [-0.25, -0.2) is 12.7 Å². The third kappa shape index (κ3) is 3.49. The summed E-state index contributed by atoms with van der Waals surface area (Å²) in [6.45, 7) is 7.84. The maximum absolute atomic E-state index is 12.4. The van der Waals surface area contributed by atoms with Crippen molar-refractivity contribution >= 4 is 16.0 Å². The molecule has 1 aliphatic heterocycles. The van der Waals surface area contributed by atoms with Crippen molar-refractivity contribution in [2.24, 2.45) is 11.8 Å². The molecule has 124 valence electrons. The van der Waals surface area contributed by atoms with E-state index in [9.17, 15) is 13.2 Å². The highest BCUT2D eigenvalue weighted by Gasteiger charge is 2.40. The molecule has 7 nitrogen and oxygen atoms in total. The average Bonchev–Trinajstić information content (AvgIpc) is 2.94. The lowest BCUT2D eigenvalue weighted by Crippen LogP contribution is -2.31. The van der Waals surface area contributed by atoms with Gasteiger partial charge in [0.05, 0.1) is 5.92 Å². The van der Waals surface area contributed by atoms with E-state index >= 15 is 0 Å². The number of carboxylic acids is 1. The minimum absolute atomic E-state index is 0.0167. The largest absolute Gasteiger partial charge is 0.481 e. The number of carboxylic acid groups (broad SMARTS) is 1. The van der Waals surface area contributed by atoms with Crippen molar-refractivity contribution in [1.29, 1.82) is 0 Å². The average molecular weight is 330 g/mol. The van der Waals surface area contributed by atoms with Gasteiger partial charge in [0.2, 0.25) is 10.0 Å². The van der Waals surface area contributed by atoms with Gasteiger partial charge in [-0.3, -0.25) is 4.79 Å². The molecule has 0 unspecified atom stereocenters. The minimum Gasteiger partial charge on any atom is -0.481 e. The van der Waals surface area contributed by atoms with Crippen LogP contribution in [0, 0.1) is 11.8 Å². The van der Waals surface area contributed by atoms with Crippen LogP contribution in [-0.2, 0) is 26.0 Å². The molecule has 2 rings (SSSR count). The molecule has 8 heteroatoms. The van der Waals surface area contributed by atoms with Crippen molar-refractivity contribution < 1.29 is 22.8 Å². The minimum atomic E-state index is -3.60. The molecule has 1 N–H and O–H groups in total. The summed E-state index contributed by atoms with van der Waals surface area (Å²) in [5.41, 5.74) is 0.0994. The monoisotopic (exact) mass is 330 g/mol. The van der Waals surface area contributed by atoms with Crippen LogP contribution in [0.5, 0.6) is 0 Å². The lowest BCUT2D eigenvalue weighted by molar-refractivity contribution is -0.142. The normalized spacial score (nSPS) is 23.8. The molecule has 2 atom stereocenters. The van der Waals surface area contributed by atoms with Crippen LogP contribution in [0.3, 0.4) is 0 Å². The fourth-order valence-electron chi connectivity index (χ4n) is 2.48. The van der Waals surface area contributed by atoms with Crippen molar-refractivity contribution in [1.82, 2.24) is 9.46 Å². The molecule has 2 heterocycles. The van der Waals surface area contributed by atoms with Crippen molar-refractivity contribution in [2.75, 3.05) is 13.1 Å². The molecule has 0 radical (unpaired) electrons. The van der Waals surface area contributed by atoms with Crippen molar-refractivity contribution in [3.05, 3.63) is 17.5 Å². The Morgan fingerprint density at radius 2 is 2.09 bits per heavy atom. The molecule has 0 spiro atoms. The number of aliphatic carboxylic acids is 1. The molecule has 0 saturated carbocycles. The van der Waals surface area contributed by atoms with E-state index in [0.717, 1.165) is 0 Å². The fraction of sp³-hybridized carbons (Fsp3) is 0.714. The van der Waals surface area contributed by atoms with Crippen LogP contribution < -0.4 is 0 Å². The number of nitrogens with zero attached hydrogens (tertiary/aromatic N) is 2. The summed E-state index contributed by atoms with van der Waals surface area (Å²) in [7, 11) is -3.60. The van der Waals surface area contributed by atoms with Crippen molar-refractivity contribution in [3.8, 4) is 0 Å². The molecule has 0 bridgehead atoms. The number of rotatable bonds is 4. The summed E-state index contributed by atoms with van der Waals surface area (Å²) in [4.78, 5) is 11.1. The van der Waals surface area contributed by atoms with Gasteiger partial charge in [-0.1, -0.05) is 32.9 Å². The SMILES string of the molecule is C[C@@H]1CN(S(=O)(=O)Cc2cc(C(C)(C)C)on2)C[C@H]1C(=O)O. The quantitative estimate of drug-likeness (QED) is 0.897. The highest BCUT2D eigenvalue weighted by molar-refractivity contribution is 7.88. The van der Waals surface area contributed by atoms with Gasteiger partial charge in [0.1, 0.15) is 17.2 Å². The Kier molecular flexibility index (Phi) is 4.36. The zero-order valence-corrected chi connectivity index (χ0v) is 14.1. The van der Waals surface area contributed by atoms with Crippen molar-refractivity contribution in [2.45, 2.75) is 38.9 Å². The van der Waals surface area contributed by atoms with Gasteiger partial charge in [-0.2, -0.15) is 0 Å². The molecule has 0 aliphatic carbocycles. The second-order valence-corrected chi connectivity index (χ2v) is 8.90. The van der Waals surface area contributed by atoms with E-state index in [1.165, 1.54) is 4.31 Å². The van der Waals surface area contributed by atoms with E-state index in [2.05, 4.69) is 5.16 Å². The molecule has 1 aliphatic rings. The third-order valence-corrected chi connectivity index (χ3v) is 5.66. The first kappa shape index (κ1) is 17.0. The Bertz CT molecular complexity index is 659. The molecule has 1 aromatic rings. The van der Waals surface area contributed by atoms with Gasteiger partial charge < -0.3 is 9.63 Å². The van der Waals surface area contributed by atoms with Gasteiger partial charge in [-0.15, -0.1) is 0 Å². The zero-order chi connectivity index (χ0) is 16.7. The van der Waals surface area contributed by atoms with Gasteiger partial charge in [0.25, 0.3) is 0 Å². The van der Waals surface area contributed by atoms with Gasteiger partial charge in [0, 0.05) is 24.6 Å². The van der Waals surface area contributed by atoms with Crippen LogP contribution in [0.1, 0.15) is 39.1 Å². The summed E-state index contributed by atoms with van der Waals surface area (Å²) < 4.78 is 31.3. The van der Waals surface area contributed by atoms with Crippen LogP contribution in [0.2, 0.25) is 0 Å². The van der Waals surface area contributed by atoms with E-state index < -0.39 is 21.9 Å². The van der Waals surface area contributed by atoms with Crippen LogP contribution in [-0.4, -0.2) is 42.0 Å². The molecule has 22 heavy (non-hydrogen) atoms. The lowest BCUT2D eigenvalue weighted by atomic mass is 9.93. The first-order valence-corrected chi connectivity index (χ1v) is 8.78. The first-order valence-electron chi connectivity index (χ1n) is 7.17.